The number of benzene rings is 1. The van der Waals surface area contributed by atoms with Gasteiger partial charge in [0.15, 0.2) is 0 Å². The molecule has 1 aromatic rings. The van der Waals surface area contributed by atoms with Gasteiger partial charge in [0.05, 0.1) is 6.10 Å². The Morgan fingerprint density at radius 3 is 2.73 bits per heavy atom. The molecule has 0 N–H and O–H groups in total. The molecule has 0 bridgehead atoms. The highest BCUT2D eigenvalue weighted by Gasteiger charge is 2.04. The molecule has 0 heterocycles. The average molecular weight is 202 g/mol. The first kappa shape index (κ1) is 11.3. The van der Waals surface area contributed by atoms with Crippen LogP contribution in [0.4, 0.5) is 0 Å². The minimum Gasteiger partial charge on any atom is -0.490 e. The molecular formula is C13H14O2. The van der Waals surface area contributed by atoms with Gasteiger partial charge in [0, 0.05) is 11.1 Å². The highest BCUT2D eigenvalue weighted by atomic mass is 16.5. The van der Waals surface area contributed by atoms with Crippen LogP contribution in [0.2, 0.25) is 0 Å². The van der Waals surface area contributed by atoms with Crippen LogP contribution < -0.4 is 4.74 Å². The molecule has 0 saturated heterocycles. The van der Waals surface area contributed by atoms with E-state index in [0.29, 0.717) is 5.56 Å². The molecule has 0 saturated carbocycles. The summed E-state index contributed by atoms with van der Waals surface area (Å²) in [5, 5.41) is 0. The van der Waals surface area contributed by atoms with Gasteiger partial charge in [0.1, 0.15) is 12.0 Å². The van der Waals surface area contributed by atoms with Crippen molar-refractivity contribution in [2.45, 2.75) is 20.0 Å². The number of carbonyl (C=O) groups is 1. The summed E-state index contributed by atoms with van der Waals surface area (Å²) in [7, 11) is 0. The topological polar surface area (TPSA) is 26.3 Å². The molecule has 1 aromatic carbocycles. The molecule has 0 aliphatic carbocycles. The molecule has 15 heavy (non-hydrogen) atoms. The van der Waals surface area contributed by atoms with Crippen molar-refractivity contribution < 1.29 is 9.53 Å². The van der Waals surface area contributed by atoms with Gasteiger partial charge < -0.3 is 4.74 Å². The van der Waals surface area contributed by atoms with Gasteiger partial charge in [-0.2, -0.15) is 0 Å². The third kappa shape index (κ3) is 3.12. The maximum absolute atomic E-state index is 10.6. The van der Waals surface area contributed by atoms with E-state index in [1.807, 2.05) is 13.8 Å². The van der Waals surface area contributed by atoms with Crippen LogP contribution in [0.3, 0.4) is 0 Å². The summed E-state index contributed by atoms with van der Waals surface area (Å²) in [4.78, 5) is 10.6. The molecular weight excluding hydrogens is 188 g/mol. The third-order valence-corrected chi connectivity index (χ3v) is 1.79. The lowest BCUT2D eigenvalue weighted by Gasteiger charge is -2.12. The third-order valence-electron chi connectivity index (χ3n) is 1.79. The van der Waals surface area contributed by atoms with Gasteiger partial charge in [0.2, 0.25) is 0 Å². The van der Waals surface area contributed by atoms with Crippen LogP contribution in [0.25, 0.3) is 6.08 Å². The quantitative estimate of drug-likeness (QED) is 0.554. The summed E-state index contributed by atoms with van der Waals surface area (Å²) in [6, 6.07) is 5.26. The summed E-state index contributed by atoms with van der Waals surface area (Å²) in [6.07, 6.45) is 2.61. The molecule has 0 atom stereocenters. The molecule has 0 radical (unpaired) electrons. The van der Waals surface area contributed by atoms with Crippen molar-refractivity contribution in [1.82, 2.24) is 0 Å². The zero-order valence-electron chi connectivity index (χ0n) is 8.99. The van der Waals surface area contributed by atoms with E-state index in [2.05, 4.69) is 12.3 Å². The first-order valence-corrected chi connectivity index (χ1v) is 4.79. The van der Waals surface area contributed by atoms with Crippen molar-refractivity contribution in [3.05, 3.63) is 41.6 Å². The Balaban J connectivity index is 3.14. The zero-order chi connectivity index (χ0) is 11.3. The molecule has 1 rings (SSSR count). The van der Waals surface area contributed by atoms with Gasteiger partial charge in [-0.1, -0.05) is 6.58 Å². The van der Waals surface area contributed by atoms with Crippen LogP contribution in [0.5, 0.6) is 5.75 Å². The molecule has 2 heteroatoms. The van der Waals surface area contributed by atoms with Gasteiger partial charge in [-0.15, -0.1) is 5.73 Å². The zero-order valence-corrected chi connectivity index (χ0v) is 8.99. The molecule has 0 unspecified atom stereocenters. The largest absolute Gasteiger partial charge is 0.490 e. The molecule has 2 nitrogen and oxygen atoms in total. The number of rotatable bonds is 4. The number of hydrogen-bond acceptors (Lipinski definition) is 2. The predicted molar refractivity (Wildman–Crippen MR) is 61.2 cm³/mol. The van der Waals surface area contributed by atoms with Crippen LogP contribution in [0, 0.1) is 0 Å². The lowest BCUT2D eigenvalue weighted by Crippen LogP contribution is -2.06. The first-order valence-electron chi connectivity index (χ1n) is 4.79. The first-order chi connectivity index (χ1) is 7.17. The van der Waals surface area contributed by atoms with Crippen molar-refractivity contribution >= 4 is 12.4 Å². The smallest absolute Gasteiger partial charge is 0.150 e. The van der Waals surface area contributed by atoms with Crippen LogP contribution in [0.15, 0.2) is 30.5 Å². The van der Waals surface area contributed by atoms with Gasteiger partial charge in [-0.25, -0.2) is 0 Å². The normalized spacial score (nSPS) is 9.53. The Kier molecular flexibility index (Phi) is 3.90. The monoisotopic (exact) mass is 202 g/mol. The number of carbonyl (C=O) groups excluding carboxylic acids is 1. The minimum absolute atomic E-state index is 0.101. The highest BCUT2D eigenvalue weighted by molar-refractivity contribution is 5.77. The fraction of sp³-hybridized carbons (Fsp3) is 0.231. The lowest BCUT2D eigenvalue weighted by molar-refractivity contribution is 0.112. The van der Waals surface area contributed by atoms with E-state index >= 15 is 0 Å². The van der Waals surface area contributed by atoms with Gasteiger partial charge >= 0.3 is 0 Å². The van der Waals surface area contributed by atoms with Crippen molar-refractivity contribution in [3.63, 3.8) is 0 Å². The summed E-state index contributed by atoms with van der Waals surface area (Å²) >= 11 is 0. The molecule has 0 amide bonds. The van der Waals surface area contributed by atoms with E-state index in [-0.39, 0.29) is 6.10 Å². The summed E-state index contributed by atoms with van der Waals surface area (Å²) in [6.45, 7) is 7.41. The van der Waals surface area contributed by atoms with E-state index < -0.39 is 0 Å². The van der Waals surface area contributed by atoms with Crippen LogP contribution in [-0.2, 0) is 0 Å². The van der Waals surface area contributed by atoms with E-state index in [0.717, 1.165) is 17.6 Å². The van der Waals surface area contributed by atoms with Crippen molar-refractivity contribution in [2.24, 2.45) is 0 Å². The second-order valence-corrected chi connectivity index (χ2v) is 3.43. The van der Waals surface area contributed by atoms with E-state index in [9.17, 15) is 4.79 Å². The molecule has 0 aliphatic rings. The minimum atomic E-state index is 0.101. The van der Waals surface area contributed by atoms with E-state index in [4.69, 9.17) is 4.74 Å². The molecule has 0 aliphatic heterocycles. The average Bonchev–Trinajstić information content (AvgIpc) is 2.20. The van der Waals surface area contributed by atoms with Gasteiger partial charge in [0.25, 0.3) is 0 Å². The summed E-state index contributed by atoms with van der Waals surface area (Å²) in [5.74, 6) is 0.742. The molecule has 78 valence electrons. The molecule has 0 aromatic heterocycles. The Morgan fingerprint density at radius 1 is 1.47 bits per heavy atom. The van der Waals surface area contributed by atoms with Crippen molar-refractivity contribution in [2.75, 3.05) is 0 Å². The maximum Gasteiger partial charge on any atom is 0.150 e. The van der Waals surface area contributed by atoms with Crippen LogP contribution in [0.1, 0.15) is 29.8 Å². The molecule has 0 spiro atoms. The second kappa shape index (κ2) is 5.18. The number of aldehydes is 1. The number of hydrogen-bond donors (Lipinski definition) is 0. The maximum atomic E-state index is 10.6. The Morgan fingerprint density at radius 2 is 2.20 bits per heavy atom. The Labute approximate surface area is 89.9 Å². The summed E-state index contributed by atoms with van der Waals surface area (Å²) in [5.41, 5.74) is 4.12. The fourth-order valence-corrected chi connectivity index (χ4v) is 1.22. The Bertz CT molecular complexity index is 399. The SMILES string of the molecule is C=C=Cc1cc(C=O)ccc1OC(C)C. The highest BCUT2D eigenvalue weighted by Crippen LogP contribution is 2.22. The predicted octanol–water partition coefficient (Wildman–Crippen LogP) is 3.08. The van der Waals surface area contributed by atoms with Crippen LogP contribution in [-0.4, -0.2) is 12.4 Å². The van der Waals surface area contributed by atoms with Gasteiger partial charge in [-0.05, 0) is 38.1 Å². The van der Waals surface area contributed by atoms with E-state index in [1.165, 1.54) is 0 Å². The fourth-order valence-electron chi connectivity index (χ4n) is 1.22. The Hall–Kier alpha value is -1.79. The lowest BCUT2D eigenvalue weighted by atomic mass is 10.1. The van der Waals surface area contributed by atoms with E-state index in [1.54, 1.807) is 24.3 Å². The second-order valence-electron chi connectivity index (χ2n) is 3.43. The molecule has 0 fully saturated rings. The van der Waals surface area contributed by atoms with Gasteiger partial charge in [-0.3, -0.25) is 4.79 Å². The van der Waals surface area contributed by atoms with Crippen molar-refractivity contribution in [3.8, 4) is 5.75 Å². The van der Waals surface area contributed by atoms with Crippen LogP contribution >= 0.6 is 0 Å². The number of ether oxygens (including phenoxy) is 1. The summed E-state index contributed by atoms with van der Waals surface area (Å²) < 4.78 is 5.58. The van der Waals surface area contributed by atoms with Crippen molar-refractivity contribution in [1.29, 1.82) is 0 Å². The standard InChI is InChI=1S/C13H14O2/c1-4-5-12-8-11(9-14)6-7-13(12)15-10(2)3/h5-10H,1H2,2-3H3.